The van der Waals surface area contributed by atoms with Gasteiger partial charge in [0.15, 0.2) is 0 Å². The molecular formula is C46H33NO14S2. The van der Waals surface area contributed by atoms with Crippen molar-refractivity contribution in [3.63, 3.8) is 0 Å². The largest absolute Gasteiger partial charge is 0.471 e. The van der Waals surface area contributed by atoms with Crippen molar-refractivity contribution in [1.82, 2.24) is 0 Å². The van der Waals surface area contributed by atoms with Crippen molar-refractivity contribution in [3.05, 3.63) is 153 Å². The van der Waals surface area contributed by atoms with Gasteiger partial charge in [-0.15, -0.1) is 0 Å². The van der Waals surface area contributed by atoms with Gasteiger partial charge in [0.1, 0.15) is 34.5 Å². The highest BCUT2D eigenvalue weighted by Gasteiger charge is 2.33. The maximum Gasteiger partial charge on any atom is 0.343 e. The molecule has 0 aliphatic carbocycles. The maximum absolute atomic E-state index is 13.4. The fourth-order valence-corrected chi connectivity index (χ4v) is 7.90. The smallest absolute Gasteiger partial charge is 0.343 e. The molecule has 1 aliphatic heterocycles. The molecule has 0 N–H and O–H groups in total. The standard InChI is InChI=1S/C46H33NO14S2/c1-5-6-25-55-45(54)38(47-4)46-62-39-36(60-43(52)30-11-19-34(20-12-30)58-41(50)28-7-15-32(16-8-28)56-26(2)48)23-24-37(40(39)63-46)61-44(53)31-13-21-35(22-14-31)59-42(51)29-9-17-33(18-10-29)57-27(3)49/h7-24H,5-6,25H2,1-3H3. The van der Waals surface area contributed by atoms with E-state index in [0.717, 1.165) is 29.9 Å². The molecule has 0 aromatic heterocycles. The van der Waals surface area contributed by atoms with Crippen LogP contribution in [0.2, 0.25) is 0 Å². The first-order valence-electron chi connectivity index (χ1n) is 18.8. The van der Waals surface area contributed by atoms with Gasteiger partial charge in [0.05, 0.1) is 49.5 Å². The van der Waals surface area contributed by atoms with Gasteiger partial charge in [-0.1, -0.05) is 36.9 Å². The van der Waals surface area contributed by atoms with E-state index in [2.05, 4.69) is 4.85 Å². The molecule has 5 aromatic rings. The third-order valence-corrected chi connectivity index (χ3v) is 11.0. The third-order valence-electron chi connectivity index (χ3n) is 8.37. The molecule has 17 heteroatoms. The number of nitrogens with zero attached hydrogens (tertiary/aromatic N) is 1. The van der Waals surface area contributed by atoms with Crippen LogP contribution < -0.4 is 28.4 Å². The van der Waals surface area contributed by atoms with Crippen LogP contribution in [0.5, 0.6) is 34.5 Å². The Morgan fingerprint density at radius 1 is 0.492 bits per heavy atom. The van der Waals surface area contributed by atoms with Crippen LogP contribution >= 0.6 is 23.5 Å². The van der Waals surface area contributed by atoms with Crippen LogP contribution in [-0.2, 0) is 19.1 Å². The van der Waals surface area contributed by atoms with Crippen LogP contribution in [0.1, 0.15) is 75.0 Å². The molecule has 0 saturated carbocycles. The number of carbonyl (C=O) groups excluding carboxylic acids is 7. The molecule has 0 saturated heterocycles. The number of carbonyl (C=O) groups is 7. The van der Waals surface area contributed by atoms with Gasteiger partial charge in [0.25, 0.3) is 5.70 Å². The van der Waals surface area contributed by atoms with Gasteiger partial charge in [0, 0.05) is 13.8 Å². The number of hydrogen-bond acceptors (Lipinski definition) is 16. The van der Waals surface area contributed by atoms with E-state index < -0.39 is 41.8 Å². The molecule has 63 heavy (non-hydrogen) atoms. The van der Waals surface area contributed by atoms with Gasteiger partial charge in [-0.05, 0) is 116 Å². The summed E-state index contributed by atoms with van der Waals surface area (Å²) in [5.41, 5.74) is 0.253. The Morgan fingerprint density at radius 2 is 0.825 bits per heavy atom. The Labute approximate surface area is 368 Å². The van der Waals surface area contributed by atoms with Crippen molar-refractivity contribution in [3.8, 4) is 34.5 Å². The molecule has 0 atom stereocenters. The number of thioether (sulfide) groups is 2. The number of fused-ring (bicyclic) bond motifs is 1. The molecule has 1 aliphatic rings. The van der Waals surface area contributed by atoms with Crippen molar-refractivity contribution in [2.75, 3.05) is 6.61 Å². The Kier molecular flexibility index (Phi) is 14.8. The van der Waals surface area contributed by atoms with Crippen LogP contribution in [0.4, 0.5) is 0 Å². The first-order chi connectivity index (χ1) is 30.3. The average molecular weight is 888 g/mol. The second-order valence-corrected chi connectivity index (χ2v) is 15.3. The summed E-state index contributed by atoms with van der Waals surface area (Å²) < 4.78 is 37.8. The quantitative estimate of drug-likeness (QED) is 0.0337. The number of benzene rings is 5. The number of hydrogen-bond donors (Lipinski definition) is 0. The van der Waals surface area contributed by atoms with E-state index >= 15 is 0 Å². The lowest BCUT2D eigenvalue weighted by molar-refractivity contribution is -0.139. The summed E-state index contributed by atoms with van der Waals surface area (Å²) >= 11 is 1.93. The fraction of sp³-hybridized carbons (Fsp3) is 0.130. The topological polar surface area (TPSA) is 188 Å². The van der Waals surface area contributed by atoms with E-state index in [1.807, 2.05) is 6.92 Å². The summed E-state index contributed by atoms with van der Waals surface area (Å²) in [6.45, 7) is 12.3. The summed E-state index contributed by atoms with van der Waals surface area (Å²) in [6.07, 6.45) is 1.36. The van der Waals surface area contributed by atoms with Crippen LogP contribution in [0.15, 0.2) is 129 Å². The van der Waals surface area contributed by atoms with Gasteiger partial charge in [0.2, 0.25) is 0 Å². The maximum atomic E-state index is 13.4. The highest BCUT2D eigenvalue weighted by atomic mass is 32.2. The first kappa shape index (κ1) is 44.9. The molecule has 318 valence electrons. The normalized spacial score (nSPS) is 11.2. The van der Waals surface area contributed by atoms with Gasteiger partial charge < -0.3 is 33.2 Å². The Morgan fingerprint density at radius 3 is 1.14 bits per heavy atom. The predicted octanol–water partition coefficient (Wildman–Crippen LogP) is 9.04. The zero-order valence-electron chi connectivity index (χ0n) is 33.5. The number of esters is 7. The lowest BCUT2D eigenvalue weighted by atomic mass is 10.2. The molecule has 1 heterocycles. The van der Waals surface area contributed by atoms with Gasteiger partial charge in [-0.25, -0.2) is 24.0 Å². The third kappa shape index (κ3) is 11.8. The van der Waals surface area contributed by atoms with Gasteiger partial charge >= 0.3 is 41.8 Å². The zero-order chi connectivity index (χ0) is 45.0. The van der Waals surface area contributed by atoms with Crippen molar-refractivity contribution < 1.29 is 66.7 Å². The molecule has 6 rings (SSSR count). The van der Waals surface area contributed by atoms with Crippen molar-refractivity contribution in [2.24, 2.45) is 0 Å². The summed E-state index contributed by atoms with van der Waals surface area (Å²) in [5, 5.41) is 0. The molecule has 0 unspecified atom stereocenters. The van der Waals surface area contributed by atoms with Crippen molar-refractivity contribution in [2.45, 2.75) is 43.4 Å². The fourth-order valence-electron chi connectivity index (χ4n) is 5.35. The number of unbranched alkanes of at least 4 members (excludes halogenated alkanes) is 1. The van der Waals surface area contributed by atoms with Crippen molar-refractivity contribution >= 4 is 65.3 Å². The van der Waals surface area contributed by atoms with Crippen molar-refractivity contribution in [1.29, 1.82) is 0 Å². The zero-order valence-corrected chi connectivity index (χ0v) is 35.1. The van der Waals surface area contributed by atoms with Gasteiger partial charge in [-0.3, -0.25) is 14.4 Å². The molecule has 0 bridgehead atoms. The molecular weight excluding hydrogens is 855 g/mol. The minimum atomic E-state index is -0.835. The van der Waals surface area contributed by atoms with Crippen LogP contribution in [-0.4, -0.2) is 48.4 Å². The second-order valence-electron chi connectivity index (χ2n) is 13.0. The predicted molar refractivity (Wildman–Crippen MR) is 226 cm³/mol. The van der Waals surface area contributed by atoms with E-state index in [1.165, 1.54) is 123 Å². The molecule has 15 nitrogen and oxygen atoms in total. The average Bonchev–Trinajstić information content (AvgIpc) is 3.71. The van der Waals surface area contributed by atoms with E-state index in [0.29, 0.717) is 6.42 Å². The minimum absolute atomic E-state index is 0.0332. The summed E-state index contributed by atoms with van der Waals surface area (Å²) in [7, 11) is 0. The number of rotatable bonds is 14. The molecule has 0 radical (unpaired) electrons. The Bertz CT molecular complexity index is 2510. The molecule has 5 aromatic carbocycles. The molecule has 0 spiro atoms. The lowest BCUT2D eigenvalue weighted by Crippen LogP contribution is -2.12. The minimum Gasteiger partial charge on any atom is -0.471 e. The van der Waals surface area contributed by atoms with E-state index in [1.54, 1.807) is 0 Å². The lowest BCUT2D eigenvalue weighted by Gasteiger charge is -2.12. The second kappa shape index (κ2) is 20.7. The van der Waals surface area contributed by atoms with Gasteiger partial charge in [-0.2, -0.15) is 0 Å². The van der Waals surface area contributed by atoms with Crippen LogP contribution in [0.25, 0.3) is 4.85 Å². The van der Waals surface area contributed by atoms with E-state index in [-0.39, 0.29) is 83.1 Å². The molecule has 0 amide bonds. The highest BCUT2D eigenvalue weighted by molar-refractivity contribution is 8.24. The summed E-state index contributed by atoms with van der Waals surface area (Å²) in [6, 6.07) is 25.5. The summed E-state index contributed by atoms with van der Waals surface area (Å²) in [5.74, 6) is -3.97. The Balaban J connectivity index is 1.17. The van der Waals surface area contributed by atoms with E-state index in [4.69, 9.17) is 39.7 Å². The first-order valence-corrected chi connectivity index (χ1v) is 20.4. The van der Waals surface area contributed by atoms with E-state index in [9.17, 15) is 33.6 Å². The van der Waals surface area contributed by atoms with Crippen LogP contribution in [0, 0.1) is 6.57 Å². The number of ether oxygens (including phenoxy) is 7. The monoisotopic (exact) mass is 887 g/mol. The molecule has 0 fully saturated rings. The highest BCUT2D eigenvalue weighted by Crippen LogP contribution is 2.59. The van der Waals surface area contributed by atoms with Crippen LogP contribution in [0.3, 0.4) is 0 Å². The Hall–Kier alpha value is -7.68. The SMILES string of the molecule is [C-]#[N+]C(C(=O)OCCCC)=C1Sc2c(OC(=O)c3ccc(OC(=O)c4ccc(OC(C)=O)cc4)cc3)ccc(OC(=O)c3ccc(OC(=O)c4ccc(OC(C)=O)cc4)cc3)c2S1. The summed E-state index contributed by atoms with van der Waals surface area (Å²) in [4.78, 5) is 91.5.